The second kappa shape index (κ2) is 9.93. The van der Waals surface area contributed by atoms with Gasteiger partial charge in [-0.2, -0.15) is 0 Å². The van der Waals surface area contributed by atoms with E-state index in [0.717, 1.165) is 42.7 Å². The number of imidazole rings is 1. The first-order valence-corrected chi connectivity index (χ1v) is 11.8. The quantitative estimate of drug-likeness (QED) is 0.350. The lowest BCUT2D eigenvalue weighted by Gasteiger charge is -2.30. The SMILES string of the molecule is Cc1cc(NC(=O)COc2ccc(-c3nc4ncc(Cl)c(NC5CCN(C)CC5)c4[nH]3)cc2)no1. The summed E-state index contributed by atoms with van der Waals surface area (Å²) in [6.45, 7) is 3.70. The minimum absolute atomic E-state index is 0.149. The van der Waals surface area contributed by atoms with Crippen molar-refractivity contribution in [1.29, 1.82) is 0 Å². The molecular formula is C24H26ClN7O3. The molecule has 1 aromatic carbocycles. The van der Waals surface area contributed by atoms with E-state index in [1.807, 2.05) is 12.1 Å². The first-order chi connectivity index (χ1) is 16.9. The summed E-state index contributed by atoms with van der Waals surface area (Å²) in [5.74, 6) is 1.88. The van der Waals surface area contributed by atoms with Gasteiger partial charge in [0.2, 0.25) is 0 Å². The Balaban J connectivity index is 1.26. The Kier molecular flexibility index (Phi) is 6.56. The fourth-order valence-electron chi connectivity index (χ4n) is 4.03. The lowest BCUT2D eigenvalue weighted by molar-refractivity contribution is -0.118. The first-order valence-electron chi connectivity index (χ1n) is 11.4. The molecule has 0 spiro atoms. The van der Waals surface area contributed by atoms with Gasteiger partial charge in [-0.1, -0.05) is 16.8 Å². The summed E-state index contributed by atoms with van der Waals surface area (Å²) in [6, 6.07) is 9.30. The van der Waals surface area contributed by atoms with Crippen LogP contribution in [-0.4, -0.2) is 63.7 Å². The fourth-order valence-corrected chi connectivity index (χ4v) is 4.23. The minimum atomic E-state index is -0.327. The summed E-state index contributed by atoms with van der Waals surface area (Å²) in [7, 11) is 2.14. The number of carbonyl (C=O) groups excluding carboxylic acids is 1. The van der Waals surface area contributed by atoms with Crippen LogP contribution in [0.4, 0.5) is 11.5 Å². The number of pyridine rings is 1. The summed E-state index contributed by atoms with van der Waals surface area (Å²) in [5, 5.41) is 10.5. The normalized spacial score (nSPS) is 14.8. The van der Waals surface area contributed by atoms with Crippen molar-refractivity contribution in [2.24, 2.45) is 0 Å². The third kappa shape index (κ3) is 5.39. The minimum Gasteiger partial charge on any atom is -0.484 e. The van der Waals surface area contributed by atoms with Crippen LogP contribution in [0, 0.1) is 6.92 Å². The van der Waals surface area contributed by atoms with Gasteiger partial charge in [0.25, 0.3) is 5.91 Å². The van der Waals surface area contributed by atoms with Crippen LogP contribution >= 0.6 is 11.6 Å². The number of H-pyrrole nitrogens is 1. The molecule has 1 aliphatic rings. The number of nitrogens with zero attached hydrogens (tertiary/aromatic N) is 4. The van der Waals surface area contributed by atoms with E-state index >= 15 is 0 Å². The average Bonchev–Trinajstić information content (AvgIpc) is 3.47. The van der Waals surface area contributed by atoms with Crippen LogP contribution in [0.1, 0.15) is 18.6 Å². The van der Waals surface area contributed by atoms with Gasteiger partial charge in [0.05, 0.1) is 16.9 Å². The number of halogens is 1. The molecule has 11 heteroatoms. The van der Waals surface area contributed by atoms with E-state index in [9.17, 15) is 4.79 Å². The molecule has 0 bridgehead atoms. The van der Waals surface area contributed by atoms with Crippen LogP contribution in [0.3, 0.4) is 0 Å². The summed E-state index contributed by atoms with van der Waals surface area (Å²) < 4.78 is 10.5. The highest BCUT2D eigenvalue weighted by molar-refractivity contribution is 6.34. The van der Waals surface area contributed by atoms with Crippen molar-refractivity contribution in [3.63, 3.8) is 0 Å². The number of benzene rings is 1. The zero-order valence-electron chi connectivity index (χ0n) is 19.5. The maximum Gasteiger partial charge on any atom is 0.263 e. The highest BCUT2D eigenvalue weighted by Crippen LogP contribution is 2.32. The van der Waals surface area contributed by atoms with Gasteiger partial charge in [-0.05, 0) is 64.2 Å². The Morgan fingerprint density at radius 2 is 2.06 bits per heavy atom. The van der Waals surface area contributed by atoms with Crippen LogP contribution in [0.25, 0.3) is 22.6 Å². The number of hydrogen-bond donors (Lipinski definition) is 3. The van der Waals surface area contributed by atoms with E-state index in [4.69, 9.17) is 20.9 Å². The standard InChI is InChI=1S/C24H26ClN7O3/c1-14-11-19(31-35-14)28-20(33)13-34-17-5-3-15(4-6-17)23-29-22-21(18(25)12-26-24(22)30-23)27-16-7-9-32(2)10-8-16/h3-6,11-12,16H,7-10,13H2,1-2H3,(H,28,31,33)(H2,26,27,29,30). The van der Waals surface area contributed by atoms with E-state index in [1.165, 1.54) is 0 Å². The summed E-state index contributed by atoms with van der Waals surface area (Å²) >= 11 is 6.50. The van der Waals surface area contributed by atoms with Crippen molar-refractivity contribution < 1.29 is 14.1 Å². The number of nitrogens with one attached hydrogen (secondary N) is 3. The Morgan fingerprint density at radius 3 is 2.77 bits per heavy atom. The lowest BCUT2D eigenvalue weighted by Crippen LogP contribution is -2.36. The molecular weight excluding hydrogens is 470 g/mol. The van der Waals surface area contributed by atoms with Crippen LogP contribution in [-0.2, 0) is 4.79 Å². The molecule has 1 aliphatic heterocycles. The Hall–Kier alpha value is -3.63. The zero-order chi connectivity index (χ0) is 24.4. The number of amides is 1. The average molecular weight is 496 g/mol. The monoisotopic (exact) mass is 495 g/mol. The number of ether oxygens (including phenoxy) is 1. The van der Waals surface area contributed by atoms with Crippen molar-refractivity contribution in [3.8, 4) is 17.1 Å². The molecule has 4 heterocycles. The van der Waals surface area contributed by atoms with E-state index in [-0.39, 0.29) is 12.5 Å². The number of hydrogen-bond acceptors (Lipinski definition) is 8. The highest BCUT2D eigenvalue weighted by atomic mass is 35.5. The second-order valence-electron chi connectivity index (χ2n) is 8.67. The summed E-state index contributed by atoms with van der Waals surface area (Å²) in [6.07, 6.45) is 3.73. The van der Waals surface area contributed by atoms with Crippen LogP contribution in [0.2, 0.25) is 5.02 Å². The van der Waals surface area contributed by atoms with Gasteiger partial charge in [0.1, 0.15) is 22.9 Å². The third-order valence-corrected chi connectivity index (χ3v) is 6.22. The highest BCUT2D eigenvalue weighted by Gasteiger charge is 2.20. The molecule has 4 aromatic rings. The lowest BCUT2D eigenvalue weighted by atomic mass is 10.1. The van der Waals surface area contributed by atoms with E-state index in [2.05, 4.69) is 42.7 Å². The van der Waals surface area contributed by atoms with Gasteiger partial charge in [-0.15, -0.1) is 0 Å². The summed E-state index contributed by atoms with van der Waals surface area (Å²) in [5.41, 5.74) is 3.07. The van der Waals surface area contributed by atoms with Gasteiger partial charge in [-0.3, -0.25) is 4.79 Å². The first kappa shape index (κ1) is 23.1. The fraction of sp³-hybridized carbons (Fsp3) is 0.333. The van der Waals surface area contributed by atoms with Crippen LogP contribution in [0.15, 0.2) is 41.1 Å². The molecule has 35 heavy (non-hydrogen) atoms. The number of aromatic amines is 1. The van der Waals surface area contributed by atoms with Crippen molar-refractivity contribution in [3.05, 3.63) is 47.3 Å². The van der Waals surface area contributed by atoms with Gasteiger partial charge in [-0.25, -0.2) is 9.97 Å². The van der Waals surface area contributed by atoms with E-state index in [1.54, 1.807) is 31.3 Å². The number of fused-ring (bicyclic) bond motifs is 1. The third-order valence-electron chi connectivity index (χ3n) is 5.93. The largest absolute Gasteiger partial charge is 0.484 e. The molecule has 10 nitrogen and oxygen atoms in total. The Labute approximate surface area is 207 Å². The number of aromatic nitrogens is 4. The van der Waals surface area contributed by atoms with Gasteiger partial charge in [0, 0.05) is 17.7 Å². The molecule has 1 fully saturated rings. The van der Waals surface area contributed by atoms with E-state index in [0.29, 0.717) is 39.9 Å². The molecule has 1 saturated heterocycles. The molecule has 0 aliphatic carbocycles. The molecule has 0 atom stereocenters. The van der Waals surface area contributed by atoms with Gasteiger partial charge < -0.3 is 29.8 Å². The van der Waals surface area contributed by atoms with Crippen molar-refractivity contribution in [2.75, 3.05) is 37.4 Å². The number of rotatable bonds is 7. The molecule has 3 N–H and O–H groups in total. The Morgan fingerprint density at radius 1 is 1.29 bits per heavy atom. The zero-order valence-corrected chi connectivity index (χ0v) is 20.2. The van der Waals surface area contributed by atoms with Crippen LogP contribution in [0.5, 0.6) is 5.75 Å². The van der Waals surface area contributed by atoms with E-state index < -0.39 is 0 Å². The predicted octanol–water partition coefficient (Wildman–Crippen LogP) is 4.10. The number of piperidine rings is 1. The number of carbonyl (C=O) groups is 1. The molecule has 3 aromatic heterocycles. The Bertz CT molecular complexity index is 1330. The molecule has 1 amide bonds. The van der Waals surface area contributed by atoms with Crippen LogP contribution < -0.4 is 15.4 Å². The molecule has 5 rings (SSSR count). The molecule has 0 saturated carbocycles. The van der Waals surface area contributed by atoms with Crippen molar-refractivity contribution in [1.82, 2.24) is 25.0 Å². The number of anilines is 2. The predicted molar refractivity (Wildman–Crippen MR) is 134 cm³/mol. The molecule has 0 unspecified atom stereocenters. The topological polar surface area (TPSA) is 121 Å². The number of aryl methyl sites for hydroxylation is 1. The smallest absolute Gasteiger partial charge is 0.263 e. The van der Waals surface area contributed by atoms with Crippen molar-refractivity contribution >= 4 is 40.2 Å². The second-order valence-corrected chi connectivity index (χ2v) is 9.08. The van der Waals surface area contributed by atoms with Crippen molar-refractivity contribution in [2.45, 2.75) is 25.8 Å². The maximum absolute atomic E-state index is 12.0. The number of likely N-dealkylation sites (tertiary alicyclic amines) is 1. The van der Waals surface area contributed by atoms with Gasteiger partial charge in [0.15, 0.2) is 18.1 Å². The van der Waals surface area contributed by atoms with Gasteiger partial charge >= 0.3 is 0 Å². The molecule has 0 radical (unpaired) electrons. The maximum atomic E-state index is 12.0. The molecule has 182 valence electrons. The summed E-state index contributed by atoms with van der Waals surface area (Å²) in [4.78, 5) is 26.8.